The molecule has 0 bridgehead atoms. The lowest BCUT2D eigenvalue weighted by Gasteiger charge is -1.81. The van der Waals surface area contributed by atoms with Crippen LogP contribution in [0, 0.1) is 6.92 Å². The Morgan fingerprint density at radius 2 is 2.56 bits per heavy atom. The van der Waals surface area contributed by atoms with E-state index in [1.165, 1.54) is 6.39 Å². The molecule has 1 aromatic heterocycles. The molecule has 0 aliphatic heterocycles. The summed E-state index contributed by atoms with van der Waals surface area (Å²) >= 11 is 3.14. The van der Waals surface area contributed by atoms with Gasteiger partial charge in [0.2, 0.25) is 0 Å². The van der Waals surface area contributed by atoms with E-state index in [2.05, 4.69) is 20.9 Å². The topological polar surface area (TPSA) is 26.0 Å². The van der Waals surface area contributed by atoms with Gasteiger partial charge in [0.1, 0.15) is 0 Å². The molecule has 9 heavy (non-hydrogen) atoms. The van der Waals surface area contributed by atoms with E-state index in [1.807, 2.05) is 13.0 Å². The van der Waals surface area contributed by atoms with Crippen molar-refractivity contribution in [2.75, 3.05) is 0 Å². The van der Waals surface area contributed by atoms with Gasteiger partial charge < -0.3 is 4.42 Å². The fourth-order valence-corrected chi connectivity index (χ4v) is 0.768. The molecule has 0 aliphatic carbocycles. The van der Waals surface area contributed by atoms with Gasteiger partial charge in [-0.15, -0.1) is 0 Å². The lowest BCUT2D eigenvalue weighted by molar-refractivity contribution is 0.547. The number of aryl methyl sites for hydroxylation is 1. The van der Waals surface area contributed by atoms with Crippen molar-refractivity contribution in [3.63, 3.8) is 0 Å². The first kappa shape index (κ1) is 6.55. The molecular weight excluding hydrogens is 182 g/mol. The Hall–Kier alpha value is -0.570. The number of nitrogens with zero attached hydrogens (tertiary/aromatic N) is 1. The fraction of sp³-hybridized carbons (Fsp3) is 0.167. The Kier molecular flexibility index (Phi) is 2.05. The lowest BCUT2D eigenvalue weighted by atomic mass is 10.4. The number of halogens is 1. The maximum Gasteiger partial charge on any atom is 0.181 e. The molecule has 0 amide bonds. The van der Waals surface area contributed by atoms with Gasteiger partial charge in [0, 0.05) is 0 Å². The maximum absolute atomic E-state index is 4.98. The van der Waals surface area contributed by atoms with Gasteiger partial charge in [-0.3, -0.25) is 0 Å². The molecule has 0 radical (unpaired) electrons. The summed E-state index contributed by atoms with van der Waals surface area (Å²) in [7, 11) is 0. The van der Waals surface area contributed by atoms with Gasteiger partial charge in [0.15, 0.2) is 12.2 Å². The molecular formula is C6H6BrNO. The third kappa shape index (κ3) is 1.42. The van der Waals surface area contributed by atoms with Crippen molar-refractivity contribution in [1.29, 1.82) is 0 Å². The number of oxazole rings is 1. The molecule has 0 saturated heterocycles. The second-order valence-corrected chi connectivity index (χ2v) is 2.12. The summed E-state index contributed by atoms with van der Waals surface area (Å²) in [4.78, 5) is 5.63. The molecule has 0 N–H and O–H groups in total. The summed E-state index contributed by atoms with van der Waals surface area (Å²) < 4.78 is 4.98. The second kappa shape index (κ2) is 2.82. The largest absolute Gasteiger partial charge is 0.444 e. The fourth-order valence-electron chi connectivity index (χ4n) is 0.528. The van der Waals surface area contributed by atoms with Crippen LogP contribution >= 0.6 is 15.9 Å². The minimum absolute atomic E-state index is 0.798. The van der Waals surface area contributed by atoms with E-state index in [1.54, 1.807) is 4.99 Å². The summed E-state index contributed by atoms with van der Waals surface area (Å²) in [6, 6.07) is 0. The molecule has 0 aliphatic rings. The van der Waals surface area contributed by atoms with Crippen molar-refractivity contribution in [3.05, 3.63) is 22.8 Å². The predicted molar refractivity (Wildman–Crippen MR) is 39.2 cm³/mol. The van der Waals surface area contributed by atoms with Gasteiger partial charge in [0.05, 0.1) is 5.69 Å². The van der Waals surface area contributed by atoms with Gasteiger partial charge in [-0.05, 0) is 18.0 Å². The highest BCUT2D eigenvalue weighted by Gasteiger charge is 1.95. The minimum Gasteiger partial charge on any atom is -0.444 e. The molecule has 2 nitrogen and oxygen atoms in total. The molecule has 1 aromatic rings. The zero-order valence-corrected chi connectivity index (χ0v) is 6.55. The van der Waals surface area contributed by atoms with E-state index in [9.17, 15) is 0 Å². The Labute approximate surface area is 61.7 Å². The van der Waals surface area contributed by atoms with Crippen molar-refractivity contribution in [2.45, 2.75) is 6.92 Å². The quantitative estimate of drug-likeness (QED) is 0.675. The summed E-state index contributed by atoms with van der Waals surface area (Å²) in [5, 5.41) is 0. The van der Waals surface area contributed by atoms with Crippen molar-refractivity contribution >= 4 is 22.0 Å². The summed E-state index contributed by atoms with van der Waals surface area (Å²) in [6.45, 7) is 1.89. The first-order valence-corrected chi connectivity index (χ1v) is 3.43. The summed E-state index contributed by atoms with van der Waals surface area (Å²) in [6.07, 6.45) is 3.24. The standard InChI is InChI=1S/C6H6BrNO/c1-5-6(2-3-7)9-4-8-5/h2-4H,1H3/b3-2+. The highest BCUT2D eigenvalue weighted by Crippen LogP contribution is 2.07. The second-order valence-electron chi connectivity index (χ2n) is 1.59. The van der Waals surface area contributed by atoms with Crippen LogP contribution in [-0.4, -0.2) is 4.98 Å². The van der Waals surface area contributed by atoms with Crippen LogP contribution in [0.4, 0.5) is 0 Å². The molecule has 0 atom stereocenters. The Balaban J connectivity index is 2.94. The van der Waals surface area contributed by atoms with E-state index < -0.39 is 0 Å². The van der Waals surface area contributed by atoms with Gasteiger partial charge in [-0.2, -0.15) is 0 Å². The number of hydrogen-bond donors (Lipinski definition) is 0. The number of hydrogen-bond acceptors (Lipinski definition) is 2. The van der Waals surface area contributed by atoms with Crippen LogP contribution in [-0.2, 0) is 0 Å². The zero-order valence-electron chi connectivity index (χ0n) is 4.97. The normalized spacial score (nSPS) is 10.9. The van der Waals surface area contributed by atoms with Crippen LogP contribution in [0.1, 0.15) is 11.5 Å². The van der Waals surface area contributed by atoms with E-state index in [0.717, 1.165) is 11.5 Å². The highest BCUT2D eigenvalue weighted by atomic mass is 79.9. The molecule has 0 aromatic carbocycles. The zero-order chi connectivity index (χ0) is 6.69. The van der Waals surface area contributed by atoms with Crippen LogP contribution in [0.25, 0.3) is 6.08 Å². The van der Waals surface area contributed by atoms with E-state index in [-0.39, 0.29) is 0 Å². The van der Waals surface area contributed by atoms with Crippen LogP contribution in [0.3, 0.4) is 0 Å². The number of aromatic nitrogens is 1. The van der Waals surface area contributed by atoms with E-state index in [0.29, 0.717) is 0 Å². The van der Waals surface area contributed by atoms with Crippen molar-refractivity contribution in [1.82, 2.24) is 4.98 Å². The average Bonchev–Trinajstić information content (AvgIpc) is 2.18. The molecule has 0 unspecified atom stereocenters. The van der Waals surface area contributed by atoms with Crippen LogP contribution in [0.15, 0.2) is 15.8 Å². The maximum atomic E-state index is 4.98. The Morgan fingerprint density at radius 1 is 1.78 bits per heavy atom. The molecule has 0 fully saturated rings. The van der Waals surface area contributed by atoms with E-state index >= 15 is 0 Å². The summed E-state index contributed by atoms with van der Waals surface area (Å²) in [5.74, 6) is 0.798. The van der Waals surface area contributed by atoms with Crippen molar-refractivity contribution < 1.29 is 4.42 Å². The van der Waals surface area contributed by atoms with Gasteiger partial charge in [-0.1, -0.05) is 15.9 Å². The molecule has 1 heterocycles. The third-order valence-electron chi connectivity index (χ3n) is 0.997. The molecule has 0 saturated carbocycles. The third-order valence-corrected chi connectivity index (χ3v) is 1.26. The SMILES string of the molecule is Cc1ncoc1/C=C/Br. The van der Waals surface area contributed by atoms with E-state index in [4.69, 9.17) is 4.42 Å². The lowest BCUT2D eigenvalue weighted by Crippen LogP contribution is -1.70. The first-order valence-electron chi connectivity index (χ1n) is 2.51. The monoisotopic (exact) mass is 187 g/mol. The molecule has 48 valence electrons. The van der Waals surface area contributed by atoms with Crippen LogP contribution in [0.2, 0.25) is 0 Å². The molecule has 3 heteroatoms. The molecule has 0 spiro atoms. The van der Waals surface area contributed by atoms with Gasteiger partial charge in [0.25, 0.3) is 0 Å². The first-order chi connectivity index (χ1) is 4.34. The predicted octanol–water partition coefficient (Wildman–Crippen LogP) is 2.35. The highest BCUT2D eigenvalue weighted by molar-refractivity contribution is 9.11. The van der Waals surface area contributed by atoms with Crippen molar-refractivity contribution in [3.8, 4) is 0 Å². The van der Waals surface area contributed by atoms with Gasteiger partial charge >= 0.3 is 0 Å². The van der Waals surface area contributed by atoms with Crippen LogP contribution in [0.5, 0.6) is 0 Å². The smallest absolute Gasteiger partial charge is 0.181 e. The Bertz CT molecular complexity index is 217. The summed E-state index contributed by atoms with van der Waals surface area (Å²) in [5.41, 5.74) is 0.908. The Morgan fingerprint density at radius 3 is 3.00 bits per heavy atom. The average molecular weight is 188 g/mol. The minimum atomic E-state index is 0.798. The molecule has 1 rings (SSSR count). The van der Waals surface area contributed by atoms with Crippen LogP contribution < -0.4 is 0 Å². The van der Waals surface area contributed by atoms with Gasteiger partial charge in [-0.25, -0.2) is 4.98 Å². The number of rotatable bonds is 1. The van der Waals surface area contributed by atoms with Crippen molar-refractivity contribution in [2.24, 2.45) is 0 Å².